The van der Waals surface area contributed by atoms with Crippen molar-refractivity contribution in [2.75, 3.05) is 0 Å². The molecule has 2 heterocycles. The Labute approximate surface area is 135 Å². The topological polar surface area (TPSA) is 84.2 Å². The van der Waals surface area contributed by atoms with Gasteiger partial charge < -0.3 is 9.84 Å². The van der Waals surface area contributed by atoms with E-state index in [4.69, 9.17) is 4.52 Å². The van der Waals surface area contributed by atoms with Gasteiger partial charge in [-0.15, -0.1) is 11.3 Å². The van der Waals surface area contributed by atoms with E-state index in [1.165, 1.54) is 30.4 Å². The molecule has 1 saturated carbocycles. The number of nitrogens with zero attached hydrogens (tertiary/aromatic N) is 1. The fraction of sp³-hybridized carbons (Fsp3) is 0.417. The van der Waals surface area contributed by atoms with Crippen molar-refractivity contribution in [2.24, 2.45) is 0 Å². The van der Waals surface area contributed by atoms with E-state index in [1.54, 1.807) is 12.1 Å². The lowest BCUT2D eigenvalue weighted by Gasteiger charge is -2.03. The quantitative estimate of drug-likeness (QED) is 0.755. The first-order valence-corrected chi connectivity index (χ1v) is 9.55. The summed E-state index contributed by atoms with van der Waals surface area (Å²) >= 11 is 4.76. The second kappa shape index (κ2) is 6.17. The van der Waals surface area contributed by atoms with Crippen LogP contribution in [0.4, 0.5) is 0 Å². The van der Waals surface area contributed by atoms with Gasteiger partial charge in [0.1, 0.15) is 4.90 Å². The Morgan fingerprint density at radius 3 is 2.90 bits per heavy atom. The summed E-state index contributed by atoms with van der Waals surface area (Å²) in [6, 6.07) is 3.92. The van der Waals surface area contributed by atoms with E-state index in [1.807, 2.05) is 0 Å². The van der Waals surface area contributed by atoms with Crippen molar-refractivity contribution < 1.29 is 12.9 Å². The van der Waals surface area contributed by atoms with E-state index in [9.17, 15) is 8.42 Å². The maximum Gasteiger partial charge on any atom is 0.242 e. The highest BCUT2D eigenvalue weighted by Crippen LogP contribution is 2.32. The molecule has 1 fully saturated rings. The lowest BCUT2D eigenvalue weighted by atomic mass is 10.4. The van der Waals surface area contributed by atoms with Crippen LogP contribution in [-0.4, -0.2) is 19.6 Å². The van der Waals surface area contributed by atoms with Gasteiger partial charge in [0.15, 0.2) is 5.76 Å². The molecule has 114 valence electrons. The molecule has 0 unspecified atom stereocenters. The molecule has 21 heavy (non-hydrogen) atoms. The maximum atomic E-state index is 12.3. The van der Waals surface area contributed by atoms with Crippen LogP contribution in [0.5, 0.6) is 0 Å². The molecular formula is C12H14BrN3O3S2. The minimum absolute atomic E-state index is 0.0836. The molecule has 6 nitrogen and oxygen atoms in total. The van der Waals surface area contributed by atoms with Crippen LogP contribution >= 0.6 is 27.3 Å². The third-order valence-electron chi connectivity index (χ3n) is 3.07. The second-order valence-corrected chi connectivity index (χ2v) is 9.00. The van der Waals surface area contributed by atoms with E-state index in [2.05, 4.69) is 31.1 Å². The van der Waals surface area contributed by atoms with Crippen LogP contribution in [0.2, 0.25) is 0 Å². The Morgan fingerprint density at radius 1 is 1.43 bits per heavy atom. The molecule has 0 radical (unpaired) electrons. The number of hydrogen-bond donors (Lipinski definition) is 2. The molecule has 0 amide bonds. The first-order valence-electron chi connectivity index (χ1n) is 6.45. The van der Waals surface area contributed by atoms with E-state index in [-0.39, 0.29) is 11.4 Å². The standard InChI is InChI=1S/C12H14BrN3O3S2/c13-12-11(5-10(20-12)7-14-8-1-2-8)21(17,18)16-6-9-3-4-15-19-9/h3-5,8,14,16H,1-2,6-7H2. The van der Waals surface area contributed by atoms with Gasteiger partial charge in [0.2, 0.25) is 10.0 Å². The molecule has 2 aromatic heterocycles. The third-order valence-corrected chi connectivity index (χ3v) is 6.72. The molecule has 0 spiro atoms. The normalized spacial score (nSPS) is 15.5. The molecule has 2 aromatic rings. The second-order valence-electron chi connectivity index (χ2n) is 4.81. The molecule has 0 atom stereocenters. The van der Waals surface area contributed by atoms with Crippen molar-refractivity contribution in [1.82, 2.24) is 15.2 Å². The monoisotopic (exact) mass is 391 g/mol. The van der Waals surface area contributed by atoms with Crippen LogP contribution in [0.1, 0.15) is 23.5 Å². The van der Waals surface area contributed by atoms with E-state index >= 15 is 0 Å². The molecule has 3 rings (SSSR count). The predicted molar refractivity (Wildman–Crippen MR) is 82.4 cm³/mol. The summed E-state index contributed by atoms with van der Waals surface area (Å²) in [5.74, 6) is 0.473. The average Bonchev–Trinajstić information content (AvgIpc) is 2.97. The molecule has 0 bridgehead atoms. The van der Waals surface area contributed by atoms with Crippen molar-refractivity contribution in [3.8, 4) is 0 Å². The Bertz CT molecular complexity index is 708. The number of halogens is 1. The minimum atomic E-state index is -3.57. The highest BCUT2D eigenvalue weighted by molar-refractivity contribution is 9.11. The number of nitrogens with one attached hydrogen (secondary N) is 2. The summed E-state index contributed by atoms with van der Waals surface area (Å²) in [6.45, 7) is 0.784. The highest BCUT2D eigenvalue weighted by atomic mass is 79.9. The highest BCUT2D eigenvalue weighted by Gasteiger charge is 2.23. The van der Waals surface area contributed by atoms with Crippen LogP contribution in [0, 0.1) is 0 Å². The van der Waals surface area contributed by atoms with Crippen molar-refractivity contribution in [1.29, 1.82) is 0 Å². The SMILES string of the molecule is O=S(=O)(NCc1ccno1)c1cc(CNC2CC2)sc1Br. The summed E-state index contributed by atoms with van der Waals surface area (Å²) in [5.41, 5.74) is 0. The van der Waals surface area contributed by atoms with Crippen molar-refractivity contribution in [2.45, 2.75) is 36.9 Å². The van der Waals surface area contributed by atoms with Crippen LogP contribution < -0.4 is 10.0 Å². The van der Waals surface area contributed by atoms with Gasteiger partial charge in [-0.25, -0.2) is 13.1 Å². The van der Waals surface area contributed by atoms with Gasteiger partial charge in [0.25, 0.3) is 0 Å². The average molecular weight is 392 g/mol. The lowest BCUT2D eigenvalue weighted by molar-refractivity contribution is 0.380. The summed E-state index contributed by atoms with van der Waals surface area (Å²) in [7, 11) is -3.57. The smallest absolute Gasteiger partial charge is 0.242 e. The molecule has 9 heteroatoms. The van der Waals surface area contributed by atoms with Gasteiger partial charge in [-0.05, 0) is 34.8 Å². The van der Waals surface area contributed by atoms with Crippen molar-refractivity contribution in [3.05, 3.63) is 32.8 Å². The fourth-order valence-electron chi connectivity index (χ4n) is 1.78. The van der Waals surface area contributed by atoms with Crippen molar-refractivity contribution >= 4 is 37.3 Å². The maximum absolute atomic E-state index is 12.3. The molecule has 0 aliphatic heterocycles. The summed E-state index contributed by atoms with van der Waals surface area (Å²) in [5, 5.41) is 6.91. The number of rotatable bonds is 7. The zero-order valence-electron chi connectivity index (χ0n) is 11.0. The van der Waals surface area contributed by atoms with Gasteiger partial charge in [0, 0.05) is 23.5 Å². The molecule has 0 aromatic carbocycles. The van der Waals surface area contributed by atoms with E-state index in [0.29, 0.717) is 22.1 Å². The summed E-state index contributed by atoms with van der Waals surface area (Å²) in [6.07, 6.45) is 3.89. The molecular weight excluding hydrogens is 378 g/mol. The van der Waals surface area contributed by atoms with Gasteiger partial charge in [-0.3, -0.25) is 0 Å². The van der Waals surface area contributed by atoms with Crippen LogP contribution in [0.25, 0.3) is 0 Å². The van der Waals surface area contributed by atoms with Gasteiger partial charge in [-0.2, -0.15) is 0 Å². The Balaban J connectivity index is 1.68. The third kappa shape index (κ3) is 3.92. The number of thiophene rings is 1. The first-order chi connectivity index (χ1) is 10.0. The number of aromatic nitrogens is 1. The zero-order chi connectivity index (χ0) is 14.9. The van der Waals surface area contributed by atoms with E-state index in [0.717, 1.165) is 4.88 Å². The fourth-order valence-corrected chi connectivity index (χ4v) is 5.40. The van der Waals surface area contributed by atoms with Crippen LogP contribution in [0.15, 0.2) is 31.5 Å². The Hall–Kier alpha value is -0.740. The summed E-state index contributed by atoms with van der Waals surface area (Å²) < 4.78 is 32.6. The summed E-state index contributed by atoms with van der Waals surface area (Å²) in [4.78, 5) is 1.26. The molecule has 0 saturated heterocycles. The minimum Gasteiger partial charge on any atom is -0.360 e. The van der Waals surface area contributed by atoms with Crippen LogP contribution in [-0.2, 0) is 23.1 Å². The zero-order valence-corrected chi connectivity index (χ0v) is 14.2. The largest absolute Gasteiger partial charge is 0.360 e. The van der Waals surface area contributed by atoms with Gasteiger partial charge in [-0.1, -0.05) is 5.16 Å². The number of sulfonamides is 1. The number of hydrogen-bond acceptors (Lipinski definition) is 6. The van der Waals surface area contributed by atoms with Crippen molar-refractivity contribution in [3.63, 3.8) is 0 Å². The molecule has 1 aliphatic carbocycles. The van der Waals surface area contributed by atoms with Gasteiger partial charge >= 0.3 is 0 Å². The predicted octanol–water partition coefficient (Wildman–Crippen LogP) is 2.23. The van der Waals surface area contributed by atoms with E-state index < -0.39 is 10.0 Å². The lowest BCUT2D eigenvalue weighted by Crippen LogP contribution is -2.23. The molecule has 2 N–H and O–H groups in total. The first kappa shape index (κ1) is 15.2. The van der Waals surface area contributed by atoms with Gasteiger partial charge in [0.05, 0.1) is 16.5 Å². The van der Waals surface area contributed by atoms with Crippen LogP contribution in [0.3, 0.4) is 0 Å². The molecule has 1 aliphatic rings. The Morgan fingerprint density at radius 2 is 2.24 bits per heavy atom. The Kier molecular flexibility index (Phi) is 4.46.